The molecule has 34 heavy (non-hydrogen) atoms. The second-order valence-electron chi connectivity index (χ2n) is 8.31. The number of benzene rings is 1. The first kappa shape index (κ1) is 27.3. The molecule has 1 heterocycles. The van der Waals surface area contributed by atoms with Gasteiger partial charge in [0.15, 0.2) is 0 Å². The van der Waals surface area contributed by atoms with E-state index in [1.54, 1.807) is 19.1 Å². The van der Waals surface area contributed by atoms with E-state index in [4.69, 9.17) is 0 Å². The lowest BCUT2D eigenvalue weighted by molar-refractivity contribution is -0.0915. The van der Waals surface area contributed by atoms with E-state index in [0.717, 1.165) is 31.0 Å². The second kappa shape index (κ2) is 13.0. The van der Waals surface area contributed by atoms with Gasteiger partial charge in [-0.15, -0.1) is 0 Å². The van der Waals surface area contributed by atoms with Gasteiger partial charge in [0, 0.05) is 17.5 Å². The number of hydrogen-bond acceptors (Lipinski definition) is 3. The molecule has 0 aliphatic carbocycles. The summed E-state index contributed by atoms with van der Waals surface area (Å²) >= 11 is 0. The van der Waals surface area contributed by atoms with Crippen LogP contribution in [0, 0.1) is 0 Å². The molecule has 6 heteroatoms. The summed E-state index contributed by atoms with van der Waals surface area (Å²) in [7, 11) is 0. The second-order valence-corrected chi connectivity index (χ2v) is 8.31. The van der Waals surface area contributed by atoms with Crippen LogP contribution in [0.15, 0.2) is 95.9 Å². The Hall–Kier alpha value is -2.99. The van der Waals surface area contributed by atoms with Gasteiger partial charge >= 0.3 is 6.18 Å². The molecule has 2 rings (SSSR count). The number of nitrogens with zero attached hydrogens (tertiary/aromatic N) is 1. The first-order chi connectivity index (χ1) is 16.1. The van der Waals surface area contributed by atoms with Crippen molar-refractivity contribution in [3.8, 4) is 0 Å². The first-order valence-electron chi connectivity index (χ1n) is 11.6. The predicted molar refractivity (Wildman–Crippen MR) is 135 cm³/mol. The maximum atomic E-state index is 12.6. The van der Waals surface area contributed by atoms with Crippen LogP contribution in [0.3, 0.4) is 0 Å². The molecule has 184 valence electrons. The topological polar surface area (TPSA) is 35.5 Å². The van der Waals surface area contributed by atoms with E-state index in [-0.39, 0.29) is 12.6 Å². The summed E-state index contributed by atoms with van der Waals surface area (Å²) in [5.41, 5.74) is 3.26. The van der Waals surface area contributed by atoms with Crippen LogP contribution in [0.4, 0.5) is 18.9 Å². The van der Waals surface area contributed by atoms with E-state index in [2.05, 4.69) is 65.7 Å². The average Bonchev–Trinajstić information content (AvgIpc) is 3.24. The summed E-state index contributed by atoms with van der Waals surface area (Å²) < 4.78 is 37.7. The van der Waals surface area contributed by atoms with Crippen LogP contribution in [-0.2, 0) is 6.42 Å². The molecular formula is C28H35F3N2O. The standard InChI is InChI=1S/C28H35F3N2O/c1-5-6-7-8-12-15-24-16-18-25(19-17-24)33-20-26(23(4)34)32-27(33)21(2)13-10-9-11-14-22(3)28(29,30)31/h6-10,12-14,16-20,23,27,32,34H,5,11,15H2,1-4H3/b7-6-,10-9+,12-8-,21-13+,22-14+. The molecule has 1 aliphatic heterocycles. The summed E-state index contributed by atoms with van der Waals surface area (Å²) in [6.45, 7) is 6.83. The average molecular weight is 473 g/mol. The van der Waals surface area contributed by atoms with Gasteiger partial charge in [-0.25, -0.2) is 0 Å². The Morgan fingerprint density at radius 2 is 1.76 bits per heavy atom. The van der Waals surface area contributed by atoms with Crippen molar-refractivity contribution >= 4 is 5.69 Å². The van der Waals surface area contributed by atoms with Crippen molar-refractivity contribution in [2.75, 3.05) is 4.90 Å². The quantitative estimate of drug-likeness (QED) is 0.281. The molecule has 0 saturated carbocycles. The maximum absolute atomic E-state index is 12.6. The Bertz CT molecular complexity index is 964. The van der Waals surface area contributed by atoms with Gasteiger partial charge < -0.3 is 15.3 Å². The van der Waals surface area contributed by atoms with Crippen molar-refractivity contribution in [3.05, 3.63) is 101 Å². The van der Waals surface area contributed by atoms with E-state index in [9.17, 15) is 18.3 Å². The molecule has 1 aromatic carbocycles. The molecule has 2 unspecified atom stereocenters. The van der Waals surface area contributed by atoms with Gasteiger partial charge in [0.1, 0.15) is 6.17 Å². The van der Waals surface area contributed by atoms with Gasteiger partial charge in [-0.2, -0.15) is 13.2 Å². The third-order valence-electron chi connectivity index (χ3n) is 5.45. The van der Waals surface area contributed by atoms with Crippen LogP contribution in [-0.4, -0.2) is 23.6 Å². The SMILES string of the molecule is CC/C=C\C=C/Cc1ccc(N2C=C(C(C)O)NC2/C(C)=C/C=C/C/C=C(\C)C(F)(F)F)cc1. The molecule has 2 N–H and O–H groups in total. The van der Waals surface area contributed by atoms with Crippen molar-refractivity contribution in [1.29, 1.82) is 0 Å². The minimum atomic E-state index is -4.28. The number of allylic oxidation sites excluding steroid dienone is 9. The highest BCUT2D eigenvalue weighted by Crippen LogP contribution is 2.28. The highest BCUT2D eigenvalue weighted by Gasteiger charge is 2.29. The molecule has 3 nitrogen and oxygen atoms in total. The van der Waals surface area contributed by atoms with Crippen molar-refractivity contribution in [1.82, 2.24) is 5.32 Å². The van der Waals surface area contributed by atoms with Crippen molar-refractivity contribution in [3.63, 3.8) is 0 Å². The summed E-state index contributed by atoms with van der Waals surface area (Å²) in [6, 6.07) is 8.27. The summed E-state index contributed by atoms with van der Waals surface area (Å²) in [5, 5.41) is 13.4. The Kier molecular flexibility index (Phi) is 10.5. The third kappa shape index (κ3) is 8.41. The molecule has 0 fully saturated rings. The third-order valence-corrected chi connectivity index (χ3v) is 5.45. The molecule has 0 aromatic heterocycles. The Labute approximate surface area is 201 Å². The molecule has 0 bridgehead atoms. The summed E-state index contributed by atoms with van der Waals surface area (Å²) in [4.78, 5) is 2.05. The summed E-state index contributed by atoms with van der Waals surface area (Å²) in [6.07, 6.45) is 13.7. The minimum absolute atomic E-state index is 0.202. The molecule has 0 amide bonds. The molecule has 0 saturated heterocycles. The maximum Gasteiger partial charge on any atom is 0.412 e. The Morgan fingerprint density at radius 3 is 2.38 bits per heavy atom. The zero-order valence-corrected chi connectivity index (χ0v) is 20.3. The zero-order chi connectivity index (χ0) is 25.1. The van der Waals surface area contributed by atoms with Gasteiger partial charge in [-0.1, -0.05) is 67.7 Å². The van der Waals surface area contributed by atoms with Gasteiger partial charge in [-0.05, 0) is 63.3 Å². The Balaban J connectivity index is 2.11. The lowest BCUT2D eigenvalue weighted by Crippen LogP contribution is -2.38. The van der Waals surface area contributed by atoms with Gasteiger partial charge in [0.2, 0.25) is 0 Å². The molecule has 0 radical (unpaired) electrons. The Morgan fingerprint density at radius 1 is 1.09 bits per heavy atom. The molecular weight excluding hydrogens is 437 g/mol. The highest BCUT2D eigenvalue weighted by atomic mass is 19.4. The van der Waals surface area contributed by atoms with E-state index in [1.807, 2.05) is 19.2 Å². The van der Waals surface area contributed by atoms with Crippen LogP contribution < -0.4 is 10.2 Å². The van der Waals surface area contributed by atoms with Crippen LogP contribution in [0.5, 0.6) is 0 Å². The fourth-order valence-electron chi connectivity index (χ4n) is 3.33. The largest absolute Gasteiger partial charge is 0.412 e. The fourth-order valence-corrected chi connectivity index (χ4v) is 3.33. The smallest absolute Gasteiger partial charge is 0.387 e. The van der Waals surface area contributed by atoms with Crippen molar-refractivity contribution < 1.29 is 18.3 Å². The fraction of sp³-hybridized carbons (Fsp3) is 0.357. The van der Waals surface area contributed by atoms with E-state index in [0.29, 0.717) is 5.70 Å². The van der Waals surface area contributed by atoms with Gasteiger partial charge in [0.25, 0.3) is 0 Å². The van der Waals surface area contributed by atoms with E-state index >= 15 is 0 Å². The number of aliphatic hydroxyl groups excluding tert-OH is 1. The number of aliphatic hydroxyl groups is 1. The molecule has 1 aromatic rings. The highest BCUT2D eigenvalue weighted by molar-refractivity contribution is 5.56. The van der Waals surface area contributed by atoms with Gasteiger partial charge in [-0.3, -0.25) is 0 Å². The van der Waals surface area contributed by atoms with Crippen molar-refractivity contribution in [2.45, 2.75) is 65.4 Å². The molecule has 0 spiro atoms. The van der Waals surface area contributed by atoms with Gasteiger partial charge in [0.05, 0.1) is 11.8 Å². The number of rotatable bonds is 10. The van der Waals surface area contributed by atoms with Crippen LogP contribution >= 0.6 is 0 Å². The zero-order valence-electron chi connectivity index (χ0n) is 20.3. The van der Waals surface area contributed by atoms with Crippen molar-refractivity contribution in [2.24, 2.45) is 0 Å². The number of alkyl halides is 3. The molecule has 2 atom stereocenters. The van der Waals surface area contributed by atoms with Crippen LogP contribution in [0.2, 0.25) is 0 Å². The number of nitrogens with one attached hydrogen (secondary N) is 1. The normalized spacial score (nSPS) is 18.9. The first-order valence-corrected chi connectivity index (χ1v) is 11.6. The molecule has 1 aliphatic rings. The minimum Gasteiger partial charge on any atom is -0.387 e. The number of halogens is 3. The van der Waals surface area contributed by atoms with Crippen LogP contribution in [0.1, 0.15) is 46.1 Å². The monoisotopic (exact) mass is 472 g/mol. The lowest BCUT2D eigenvalue weighted by atomic mass is 10.1. The predicted octanol–water partition coefficient (Wildman–Crippen LogP) is 7.11. The van der Waals surface area contributed by atoms with E-state index in [1.165, 1.54) is 11.6 Å². The lowest BCUT2D eigenvalue weighted by Gasteiger charge is -2.27. The van der Waals surface area contributed by atoms with E-state index < -0.39 is 17.9 Å². The number of hydrogen-bond donors (Lipinski definition) is 2. The summed E-state index contributed by atoms with van der Waals surface area (Å²) in [5.74, 6) is 0. The van der Waals surface area contributed by atoms with Crippen LogP contribution in [0.25, 0.3) is 0 Å². The number of anilines is 1.